The molecule has 0 unspecified atom stereocenters. The molecule has 0 spiro atoms. The summed E-state index contributed by atoms with van der Waals surface area (Å²) in [4.78, 5) is 4.32. The Bertz CT molecular complexity index is 454. The first-order valence-corrected chi connectivity index (χ1v) is 4.47. The third kappa shape index (κ3) is 1.42. The number of rotatable bonds is 2. The summed E-state index contributed by atoms with van der Waals surface area (Å²) in [5, 5.41) is 1.06. The van der Waals surface area contributed by atoms with Crippen molar-refractivity contribution in [2.75, 3.05) is 7.11 Å². The lowest BCUT2D eigenvalue weighted by Crippen LogP contribution is -1.97. The van der Waals surface area contributed by atoms with Crippen LogP contribution < -0.4 is 10.5 Å². The SMILES string of the molecule is COc1cccc2cc(CN)cnc12. The zero-order valence-corrected chi connectivity index (χ0v) is 8.03. The second-order valence-electron chi connectivity index (χ2n) is 3.08. The molecule has 14 heavy (non-hydrogen) atoms. The Morgan fingerprint density at radius 2 is 2.29 bits per heavy atom. The molecule has 0 aliphatic heterocycles. The van der Waals surface area contributed by atoms with Gasteiger partial charge in [0.1, 0.15) is 11.3 Å². The van der Waals surface area contributed by atoms with Crippen molar-refractivity contribution < 1.29 is 4.74 Å². The molecule has 0 amide bonds. The second-order valence-corrected chi connectivity index (χ2v) is 3.08. The number of para-hydroxylation sites is 1. The van der Waals surface area contributed by atoms with Gasteiger partial charge in [-0.25, -0.2) is 0 Å². The Hall–Kier alpha value is -1.61. The third-order valence-electron chi connectivity index (χ3n) is 2.19. The van der Waals surface area contributed by atoms with E-state index in [0.717, 1.165) is 22.2 Å². The molecule has 0 aliphatic rings. The summed E-state index contributed by atoms with van der Waals surface area (Å²) in [5.74, 6) is 0.797. The molecule has 72 valence electrons. The molecule has 2 aromatic rings. The summed E-state index contributed by atoms with van der Waals surface area (Å²) >= 11 is 0. The van der Waals surface area contributed by atoms with Gasteiger partial charge in [0.15, 0.2) is 0 Å². The van der Waals surface area contributed by atoms with Gasteiger partial charge in [0.25, 0.3) is 0 Å². The summed E-state index contributed by atoms with van der Waals surface area (Å²) < 4.78 is 5.21. The molecule has 0 aliphatic carbocycles. The van der Waals surface area contributed by atoms with Crippen molar-refractivity contribution in [3.05, 3.63) is 36.0 Å². The molecule has 1 heterocycles. The van der Waals surface area contributed by atoms with Gasteiger partial charge >= 0.3 is 0 Å². The van der Waals surface area contributed by atoms with Crippen LogP contribution in [-0.2, 0) is 6.54 Å². The van der Waals surface area contributed by atoms with Gasteiger partial charge in [-0.1, -0.05) is 12.1 Å². The van der Waals surface area contributed by atoms with E-state index in [9.17, 15) is 0 Å². The average Bonchev–Trinajstić information content (AvgIpc) is 2.27. The van der Waals surface area contributed by atoms with E-state index in [2.05, 4.69) is 4.98 Å². The monoisotopic (exact) mass is 188 g/mol. The molecule has 0 radical (unpaired) electrons. The summed E-state index contributed by atoms with van der Waals surface area (Å²) in [5.41, 5.74) is 7.45. The number of benzene rings is 1. The fourth-order valence-electron chi connectivity index (χ4n) is 1.45. The molecule has 3 heteroatoms. The molecular weight excluding hydrogens is 176 g/mol. The van der Waals surface area contributed by atoms with Gasteiger partial charge in [0.05, 0.1) is 7.11 Å². The fourth-order valence-corrected chi connectivity index (χ4v) is 1.45. The van der Waals surface area contributed by atoms with Crippen molar-refractivity contribution >= 4 is 10.9 Å². The molecule has 0 saturated carbocycles. The molecule has 1 aromatic carbocycles. The minimum absolute atomic E-state index is 0.514. The van der Waals surface area contributed by atoms with Crippen LogP contribution in [0.4, 0.5) is 0 Å². The fraction of sp³-hybridized carbons (Fsp3) is 0.182. The van der Waals surface area contributed by atoms with E-state index >= 15 is 0 Å². The smallest absolute Gasteiger partial charge is 0.145 e. The molecule has 2 rings (SSSR count). The van der Waals surface area contributed by atoms with E-state index in [1.165, 1.54) is 0 Å². The van der Waals surface area contributed by atoms with E-state index in [-0.39, 0.29) is 0 Å². The van der Waals surface area contributed by atoms with Gasteiger partial charge in [0.2, 0.25) is 0 Å². The quantitative estimate of drug-likeness (QED) is 0.780. The molecule has 3 nitrogen and oxygen atoms in total. The van der Waals surface area contributed by atoms with E-state index in [0.29, 0.717) is 6.54 Å². The largest absolute Gasteiger partial charge is 0.494 e. The number of nitrogens with two attached hydrogens (primary N) is 1. The molecule has 1 aromatic heterocycles. The van der Waals surface area contributed by atoms with Gasteiger partial charge in [-0.15, -0.1) is 0 Å². The van der Waals surface area contributed by atoms with Crippen LogP contribution in [0.3, 0.4) is 0 Å². The van der Waals surface area contributed by atoms with Crippen LogP contribution in [0.15, 0.2) is 30.5 Å². The lowest BCUT2D eigenvalue weighted by atomic mass is 10.1. The van der Waals surface area contributed by atoms with E-state index in [1.807, 2.05) is 24.3 Å². The number of pyridine rings is 1. The number of hydrogen-bond donors (Lipinski definition) is 1. The minimum atomic E-state index is 0.514. The average molecular weight is 188 g/mol. The first kappa shape index (κ1) is 8.97. The number of ether oxygens (including phenoxy) is 1. The zero-order chi connectivity index (χ0) is 9.97. The Labute approximate surface area is 82.5 Å². The molecular formula is C11H12N2O. The maximum atomic E-state index is 5.54. The second kappa shape index (κ2) is 3.64. The van der Waals surface area contributed by atoms with Crippen molar-refractivity contribution in [3.63, 3.8) is 0 Å². The minimum Gasteiger partial charge on any atom is -0.494 e. The van der Waals surface area contributed by atoms with E-state index in [4.69, 9.17) is 10.5 Å². The first-order valence-electron chi connectivity index (χ1n) is 4.47. The van der Waals surface area contributed by atoms with E-state index < -0.39 is 0 Å². The van der Waals surface area contributed by atoms with Crippen LogP contribution in [0.1, 0.15) is 5.56 Å². The molecule has 2 N–H and O–H groups in total. The molecule has 0 atom stereocenters. The number of fused-ring (bicyclic) bond motifs is 1. The normalized spacial score (nSPS) is 10.4. The standard InChI is InChI=1S/C11H12N2O/c1-14-10-4-2-3-9-5-8(6-12)7-13-11(9)10/h2-5,7H,6,12H2,1H3. The van der Waals surface area contributed by atoms with Crippen molar-refractivity contribution in [1.82, 2.24) is 4.98 Å². The maximum Gasteiger partial charge on any atom is 0.145 e. The summed E-state index contributed by atoms with van der Waals surface area (Å²) in [6, 6.07) is 7.88. The number of hydrogen-bond acceptors (Lipinski definition) is 3. The van der Waals surface area contributed by atoms with Crippen LogP contribution >= 0.6 is 0 Å². The van der Waals surface area contributed by atoms with Crippen LogP contribution in [0.2, 0.25) is 0 Å². The van der Waals surface area contributed by atoms with Crippen LogP contribution in [-0.4, -0.2) is 12.1 Å². The van der Waals surface area contributed by atoms with E-state index in [1.54, 1.807) is 13.3 Å². The lowest BCUT2D eigenvalue weighted by molar-refractivity contribution is 0.419. The molecule has 0 saturated heterocycles. The van der Waals surface area contributed by atoms with Crippen molar-refractivity contribution in [1.29, 1.82) is 0 Å². The van der Waals surface area contributed by atoms with Crippen molar-refractivity contribution in [3.8, 4) is 5.75 Å². The molecule has 0 fully saturated rings. The van der Waals surface area contributed by atoms with Crippen molar-refractivity contribution in [2.45, 2.75) is 6.54 Å². The van der Waals surface area contributed by atoms with Crippen LogP contribution in [0.25, 0.3) is 10.9 Å². The Morgan fingerprint density at radius 1 is 1.43 bits per heavy atom. The highest BCUT2D eigenvalue weighted by Gasteiger charge is 2.01. The number of methoxy groups -OCH3 is 1. The van der Waals surface area contributed by atoms with Crippen LogP contribution in [0, 0.1) is 0 Å². The summed E-state index contributed by atoms with van der Waals surface area (Å²) in [7, 11) is 1.65. The number of nitrogens with zero attached hydrogens (tertiary/aromatic N) is 1. The maximum absolute atomic E-state index is 5.54. The van der Waals surface area contributed by atoms with Gasteiger partial charge in [-0.3, -0.25) is 4.98 Å². The third-order valence-corrected chi connectivity index (χ3v) is 2.19. The highest BCUT2D eigenvalue weighted by atomic mass is 16.5. The molecule has 0 bridgehead atoms. The predicted octanol–water partition coefficient (Wildman–Crippen LogP) is 1.70. The predicted molar refractivity (Wildman–Crippen MR) is 56.2 cm³/mol. The highest BCUT2D eigenvalue weighted by Crippen LogP contribution is 2.23. The first-order chi connectivity index (χ1) is 6.85. The highest BCUT2D eigenvalue weighted by molar-refractivity contribution is 5.84. The Kier molecular flexibility index (Phi) is 2.33. The topological polar surface area (TPSA) is 48.1 Å². The summed E-state index contributed by atoms with van der Waals surface area (Å²) in [6.07, 6.45) is 1.78. The van der Waals surface area contributed by atoms with Crippen LogP contribution in [0.5, 0.6) is 5.75 Å². The lowest BCUT2D eigenvalue weighted by Gasteiger charge is -2.05. The Balaban J connectivity index is 2.67. The number of aromatic nitrogens is 1. The van der Waals surface area contributed by atoms with Gasteiger partial charge < -0.3 is 10.5 Å². The zero-order valence-electron chi connectivity index (χ0n) is 8.03. The van der Waals surface area contributed by atoms with Gasteiger partial charge in [-0.05, 0) is 17.7 Å². The summed E-state index contributed by atoms with van der Waals surface area (Å²) in [6.45, 7) is 0.514. The van der Waals surface area contributed by atoms with Gasteiger partial charge in [-0.2, -0.15) is 0 Å². The van der Waals surface area contributed by atoms with Crippen molar-refractivity contribution in [2.24, 2.45) is 5.73 Å². The van der Waals surface area contributed by atoms with Gasteiger partial charge in [0, 0.05) is 18.1 Å². The Morgan fingerprint density at radius 3 is 3.00 bits per heavy atom.